The van der Waals surface area contributed by atoms with Gasteiger partial charge in [0.2, 0.25) is 5.95 Å². The molecule has 1 aliphatic heterocycles. The van der Waals surface area contributed by atoms with E-state index in [9.17, 15) is 4.79 Å². The van der Waals surface area contributed by atoms with Crippen molar-refractivity contribution in [1.82, 2.24) is 19.9 Å². The topological polar surface area (TPSA) is 95.5 Å². The van der Waals surface area contributed by atoms with E-state index in [0.29, 0.717) is 28.4 Å². The highest BCUT2D eigenvalue weighted by Gasteiger charge is 2.20. The Bertz CT molecular complexity index is 1240. The van der Waals surface area contributed by atoms with Crippen LogP contribution >= 0.6 is 0 Å². The fourth-order valence-corrected chi connectivity index (χ4v) is 4.49. The number of benzene rings is 1. The first kappa shape index (κ1) is 22.9. The van der Waals surface area contributed by atoms with Crippen LogP contribution in [0.2, 0.25) is 0 Å². The number of likely N-dealkylation sites (N-methyl/N-ethyl adjacent to an activating group) is 1. The zero-order valence-corrected chi connectivity index (χ0v) is 19.8. The number of nitrogens with zero attached hydrogens (tertiary/aromatic N) is 5. The van der Waals surface area contributed by atoms with Crippen molar-refractivity contribution in [3.63, 3.8) is 0 Å². The summed E-state index contributed by atoms with van der Waals surface area (Å²) in [5.41, 5.74) is 3.01. The van der Waals surface area contributed by atoms with Crippen molar-refractivity contribution in [3.8, 4) is 12.3 Å². The Morgan fingerprint density at radius 1 is 1.11 bits per heavy atom. The molecular weight excluding hydrogens is 442 g/mol. The van der Waals surface area contributed by atoms with Crippen LogP contribution in [0.5, 0.6) is 0 Å². The molecule has 2 aromatic heterocycles. The number of rotatable bonds is 5. The van der Waals surface area contributed by atoms with Crippen molar-refractivity contribution in [2.45, 2.75) is 31.8 Å². The molecule has 5 rings (SSSR count). The van der Waals surface area contributed by atoms with Gasteiger partial charge in [-0.25, -0.2) is 14.8 Å². The highest BCUT2D eigenvalue weighted by atomic mass is 16.6. The van der Waals surface area contributed by atoms with Crippen molar-refractivity contribution < 1.29 is 9.53 Å². The largest absolute Gasteiger partial charge is 0.446 e. The summed E-state index contributed by atoms with van der Waals surface area (Å²) in [6, 6.07) is 9.85. The molecule has 1 aliphatic carbocycles. The van der Waals surface area contributed by atoms with Gasteiger partial charge in [-0.15, -0.1) is 6.42 Å². The summed E-state index contributed by atoms with van der Waals surface area (Å²) in [6.07, 6.45) is 10.7. The van der Waals surface area contributed by atoms with Crippen molar-refractivity contribution in [2.75, 3.05) is 48.8 Å². The molecule has 9 nitrogen and oxygen atoms in total. The Kier molecular flexibility index (Phi) is 6.64. The lowest BCUT2D eigenvalue weighted by molar-refractivity contribution is 0.114. The number of anilines is 4. The molecule has 1 amide bonds. The molecule has 1 saturated carbocycles. The van der Waals surface area contributed by atoms with Crippen LogP contribution in [0.3, 0.4) is 0 Å². The van der Waals surface area contributed by atoms with E-state index in [-0.39, 0.29) is 6.10 Å². The average molecular weight is 472 g/mol. The minimum absolute atomic E-state index is 0.0386. The summed E-state index contributed by atoms with van der Waals surface area (Å²) in [7, 11) is 2.15. The summed E-state index contributed by atoms with van der Waals surface area (Å²) in [6.45, 7) is 4.16. The number of hydrogen-bond acceptors (Lipinski definition) is 8. The van der Waals surface area contributed by atoms with Gasteiger partial charge >= 0.3 is 6.09 Å². The Morgan fingerprint density at radius 2 is 1.86 bits per heavy atom. The fraction of sp³-hybridized carbons (Fsp3) is 0.385. The predicted octanol–water partition coefficient (Wildman–Crippen LogP) is 3.99. The first-order valence-electron chi connectivity index (χ1n) is 12.0. The van der Waals surface area contributed by atoms with Gasteiger partial charge in [0, 0.05) is 49.3 Å². The number of nitrogens with one attached hydrogen (secondary N) is 2. The molecule has 35 heavy (non-hydrogen) atoms. The molecule has 0 bridgehead atoms. The van der Waals surface area contributed by atoms with Gasteiger partial charge in [-0.3, -0.25) is 5.32 Å². The number of carbonyl (C=O) groups is 1. The predicted molar refractivity (Wildman–Crippen MR) is 137 cm³/mol. The maximum absolute atomic E-state index is 12.3. The minimum Gasteiger partial charge on any atom is -0.446 e. The quantitative estimate of drug-likeness (QED) is 0.540. The van der Waals surface area contributed by atoms with E-state index in [1.165, 1.54) is 5.69 Å². The summed E-state index contributed by atoms with van der Waals surface area (Å²) < 4.78 is 5.47. The summed E-state index contributed by atoms with van der Waals surface area (Å²) in [5.74, 6) is 3.32. The van der Waals surface area contributed by atoms with Crippen LogP contribution in [0.25, 0.3) is 11.0 Å². The molecular formula is C26H29N7O2. The number of hydrogen-bond donors (Lipinski definition) is 2. The average Bonchev–Trinajstić information content (AvgIpc) is 3.37. The highest BCUT2D eigenvalue weighted by molar-refractivity contribution is 5.89. The fourth-order valence-electron chi connectivity index (χ4n) is 4.49. The Balaban J connectivity index is 1.30. The van der Waals surface area contributed by atoms with E-state index in [2.05, 4.69) is 60.5 Å². The maximum atomic E-state index is 12.3. The molecule has 1 saturated heterocycles. The van der Waals surface area contributed by atoms with Gasteiger partial charge in [-0.2, -0.15) is 4.98 Å². The van der Waals surface area contributed by atoms with Gasteiger partial charge in [0.15, 0.2) is 5.65 Å². The van der Waals surface area contributed by atoms with Gasteiger partial charge in [0.25, 0.3) is 0 Å². The van der Waals surface area contributed by atoms with Crippen LogP contribution in [-0.2, 0) is 4.74 Å². The number of terminal acetylenes is 1. The summed E-state index contributed by atoms with van der Waals surface area (Å²) in [4.78, 5) is 30.4. The Morgan fingerprint density at radius 3 is 2.57 bits per heavy atom. The smallest absolute Gasteiger partial charge is 0.413 e. The number of amides is 1. The molecule has 0 spiro atoms. The second kappa shape index (κ2) is 10.2. The normalized spacial score (nSPS) is 16.7. The van der Waals surface area contributed by atoms with E-state index in [4.69, 9.17) is 11.2 Å². The molecule has 2 fully saturated rings. The number of piperazine rings is 1. The monoisotopic (exact) mass is 471 g/mol. The van der Waals surface area contributed by atoms with Crippen LogP contribution in [-0.4, -0.2) is 65.3 Å². The first-order valence-corrected chi connectivity index (χ1v) is 12.0. The Labute approximate surface area is 204 Å². The van der Waals surface area contributed by atoms with Crippen LogP contribution in [0.1, 0.15) is 31.2 Å². The SMILES string of the molecule is C#Cc1cc(NC(=O)OC2CCCC2)nc2nc(Nc3ccc(N4CCN(C)CC4)cc3)ncc12. The van der Waals surface area contributed by atoms with Crippen molar-refractivity contribution in [1.29, 1.82) is 0 Å². The standard InChI is InChI=1S/C26H29N7O2/c1-3-18-16-23(30-26(34)35-21-6-4-5-7-21)29-24-22(18)17-27-25(31-24)28-19-8-10-20(11-9-19)33-14-12-32(2)13-15-33/h1,8-11,16-17,21H,4-7,12-15H2,2H3,(H2,27,28,29,30,31,34). The van der Waals surface area contributed by atoms with E-state index < -0.39 is 6.09 Å². The summed E-state index contributed by atoms with van der Waals surface area (Å²) >= 11 is 0. The molecule has 2 aliphatic rings. The van der Waals surface area contributed by atoms with Gasteiger partial charge < -0.3 is 19.9 Å². The van der Waals surface area contributed by atoms with Crippen LogP contribution in [0, 0.1) is 12.3 Å². The molecule has 0 unspecified atom stereocenters. The molecule has 0 radical (unpaired) electrons. The third kappa shape index (κ3) is 5.44. The lowest BCUT2D eigenvalue weighted by atomic mass is 10.2. The zero-order valence-electron chi connectivity index (χ0n) is 19.8. The lowest BCUT2D eigenvalue weighted by Crippen LogP contribution is -2.44. The van der Waals surface area contributed by atoms with Crippen LogP contribution < -0.4 is 15.5 Å². The molecule has 180 valence electrons. The molecule has 9 heteroatoms. The van der Waals surface area contributed by atoms with Crippen LogP contribution in [0.15, 0.2) is 36.5 Å². The van der Waals surface area contributed by atoms with E-state index in [0.717, 1.165) is 57.5 Å². The van der Waals surface area contributed by atoms with Crippen molar-refractivity contribution >= 4 is 40.3 Å². The minimum atomic E-state index is -0.528. The first-order chi connectivity index (χ1) is 17.1. The number of fused-ring (bicyclic) bond motifs is 1. The summed E-state index contributed by atoms with van der Waals surface area (Å²) in [5, 5.41) is 6.55. The molecule has 3 aromatic rings. The highest BCUT2D eigenvalue weighted by Crippen LogP contribution is 2.24. The number of aromatic nitrogens is 3. The number of pyridine rings is 1. The zero-order chi connectivity index (χ0) is 24.2. The van der Waals surface area contributed by atoms with E-state index >= 15 is 0 Å². The van der Waals surface area contributed by atoms with E-state index in [1.54, 1.807) is 12.3 Å². The molecule has 3 heterocycles. The molecule has 0 atom stereocenters. The van der Waals surface area contributed by atoms with Gasteiger partial charge in [-0.05, 0) is 63.1 Å². The van der Waals surface area contributed by atoms with Gasteiger partial charge in [0.05, 0.1) is 5.39 Å². The van der Waals surface area contributed by atoms with E-state index in [1.807, 2.05) is 12.1 Å². The van der Waals surface area contributed by atoms with Crippen LogP contribution in [0.4, 0.5) is 27.9 Å². The second-order valence-corrected chi connectivity index (χ2v) is 9.03. The van der Waals surface area contributed by atoms with Gasteiger partial charge in [0.1, 0.15) is 11.9 Å². The van der Waals surface area contributed by atoms with Crippen molar-refractivity contribution in [3.05, 3.63) is 42.1 Å². The van der Waals surface area contributed by atoms with Crippen molar-refractivity contribution in [2.24, 2.45) is 0 Å². The third-order valence-corrected chi connectivity index (χ3v) is 6.52. The van der Waals surface area contributed by atoms with Gasteiger partial charge in [-0.1, -0.05) is 5.92 Å². The molecule has 1 aromatic carbocycles. The second-order valence-electron chi connectivity index (χ2n) is 9.03. The Hall–Kier alpha value is -3.90. The molecule has 2 N–H and O–H groups in total. The maximum Gasteiger partial charge on any atom is 0.413 e. The number of carbonyl (C=O) groups excluding carboxylic acids is 1. The third-order valence-electron chi connectivity index (χ3n) is 6.52. The number of ether oxygens (including phenoxy) is 1. The lowest BCUT2D eigenvalue weighted by Gasteiger charge is -2.34.